The maximum Gasteiger partial charge on any atom is 0.243 e. The minimum atomic E-state index is -0.456. The van der Waals surface area contributed by atoms with Crippen LogP contribution in [0.1, 0.15) is 25.8 Å². The molecule has 1 saturated heterocycles. The van der Waals surface area contributed by atoms with Crippen LogP contribution >= 0.6 is 23.2 Å². The molecular formula is C15H18Cl2N2O2. The molecule has 0 spiro atoms. The van der Waals surface area contributed by atoms with Crippen molar-refractivity contribution in [1.29, 1.82) is 0 Å². The SMILES string of the molecule is CCC(C)C1C(=O)NCC(=O)N1Cc1ccc(Cl)cc1Cl. The quantitative estimate of drug-likeness (QED) is 0.923. The van der Waals surface area contributed by atoms with Gasteiger partial charge in [0.1, 0.15) is 6.04 Å². The normalized spacial score (nSPS) is 20.4. The lowest BCUT2D eigenvalue weighted by Gasteiger charge is -2.38. The van der Waals surface area contributed by atoms with Crippen molar-refractivity contribution >= 4 is 35.0 Å². The second-order valence-corrected chi connectivity index (χ2v) is 6.15. The maximum atomic E-state index is 12.2. The molecule has 0 bridgehead atoms. The zero-order chi connectivity index (χ0) is 15.6. The molecule has 0 aromatic heterocycles. The van der Waals surface area contributed by atoms with Crippen molar-refractivity contribution in [1.82, 2.24) is 10.2 Å². The molecule has 0 aliphatic carbocycles. The average molecular weight is 329 g/mol. The van der Waals surface area contributed by atoms with Crippen LogP contribution in [0.3, 0.4) is 0 Å². The van der Waals surface area contributed by atoms with Crippen LogP contribution in [0.5, 0.6) is 0 Å². The Labute approximate surface area is 134 Å². The Morgan fingerprint density at radius 3 is 2.71 bits per heavy atom. The van der Waals surface area contributed by atoms with Crippen molar-refractivity contribution in [2.24, 2.45) is 5.92 Å². The van der Waals surface area contributed by atoms with Crippen molar-refractivity contribution in [3.8, 4) is 0 Å². The van der Waals surface area contributed by atoms with Gasteiger partial charge < -0.3 is 10.2 Å². The number of nitrogens with zero attached hydrogens (tertiary/aromatic N) is 1. The number of nitrogens with one attached hydrogen (secondary N) is 1. The summed E-state index contributed by atoms with van der Waals surface area (Å²) in [6.45, 7) is 4.33. The fraction of sp³-hybridized carbons (Fsp3) is 0.467. The molecule has 2 amide bonds. The Balaban J connectivity index is 2.28. The number of hydrogen-bond acceptors (Lipinski definition) is 2. The molecule has 1 aromatic rings. The summed E-state index contributed by atoms with van der Waals surface area (Å²) < 4.78 is 0. The van der Waals surface area contributed by atoms with Gasteiger partial charge in [-0.1, -0.05) is 49.5 Å². The predicted octanol–water partition coefficient (Wildman–Crippen LogP) is 2.87. The summed E-state index contributed by atoms with van der Waals surface area (Å²) in [7, 11) is 0. The highest BCUT2D eigenvalue weighted by molar-refractivity contribution is 6.35. The van der Waals surface area contributed by atoms with Gasteiger partial charge in [-0.2, -0.15) is 0 Å². The van der Waals surface area contributed by atoms with Crippen LogP contribution < -0.4 is 5.32 Å². The van der Waals surface area contributed by atoms with Crippen LogP contribution in [0.2, 0.25) is 10.0 Å². The van der Waals surface area contributed by atoms with E-state index in [2.05, 4.69) is 5.32 Å². The van der Waals surface area contributed by atoms with Crippen LogP contribution in [-0.2, 0) is 16.1 Å². The van der Waals surface area contributed by atoms with Crippen molar-refractivity contribution in [2.45, 2.75) is 32.9 Å². The van der Waals surface area contributed by atoms with Gasteiger partial charge in [0.2, 0.25) is 11.8 Å². The second-order valence-electron chi connectivity index (χ2n) is 5.31. The lowest BCUT2D eigenvalue weighted by molar-refractivity contribution is -0.148. The standard InChI is InChI=1S/C15H18Cl2N2O2/c1-3-9(2)14-15(21)18-7-13(20)19(14)8-10-4-5-11(16)6-12(10)17/h4-6,9,14H,3,7-8H2,1-2H3,(H,18,21). The summed E-state index contributed by atoms with van der Waals surface area (Å²) in [4.78, 5) is 25.9. The molecule has 1 N–H and O–H groups in total. The molecule has 21 heavy (non-hydrogen) atoms. The molecule has 0 radical (unpaired) electrons. The number of carbonyl (C=O) groups is 2. The fourth-order valence-electron chi connectivity index (χ4n) is 2.47. The van der Waals surface area contributed by atoms with Crippen LogP contribution in [0.4, 0.5) is 0 Å². The second kappa shape index (κ2) is 6.67. The number of piperazine rings is 1. The highest BCUT2D eigenvalue weighted by atomic mass is 35.5. The van der Waals surface area contributed by atoms with Gasteiger partial charge in [0, 0.05) is 16.6 Å². The minimum absolute atomic E-state index is 0.0387. The lowest BCUT2D eigenvalue weighted by atomic mass is 9.94. The first-order chi connectivity index (χ1) is 9.93. The molecule has 1 aromatic carbocycles. The van der Waals surface area contributed by atoms with E-state index < -0.39 is 6.04 Å². The molecule has 2 unspecified atom stereocenters. The third-order valence-electron chi connectivity index (χ3n) is 3.88. The van der Waals surface area contributed by atoms with E-state index in [1.807, 2.05) is 13.8 Å². The van der Waals surface area contributed by atoms with Crippen LogP contribution in [0.25, 0.3) is 0 Å². The van der Waals surface area contributed by atoms with Gasteiger partial charge in [-0.15, -0.1) is 0 Å². The Kier molecular flexibility index (Phi) is 5.12. The van der Waals surface area contributed by atoms with Crippen LogP contribution in [-0.4, -0.2) is 29.3 Å². The molecule has 114 valence electrons. The zero-order valence-electron chi connectivity index (χ0n) is 12.0. The van der Waals surface area contributed by atoms with Crippen LogP contribution in [0, 0.1) is 5.92 Å². The summed E-state index contributed by atoms with van der Waals surface area (Å²) in [5, 5.41) is 3.70. The maximum absolute atomic E-state index is 12.2. The first-order valence-electron chi connectivity index (χ1n) is 6.95. The fourth-order valence-corrected chi connectivity index (χ4v) is 2.94. The van der Waals surface area contributed by atoms with Gasteiger partial charge in [-0.3, -0.25) is 9.59 Å². The molecule has 2 atom stereocenters. The van der Waals surface area contributed by atoms with E-state index in [9.17, 15) is 9.59 Å². The number of hydrogen-bond donors (Lipinski definition) is 1. The molecule has 2 rings (SSSR count). The van der Waals surface area contributed by atoms with E-state index >= 15 is 0 Å². The third-order valence-corrected chi connectivity index (χ3v) is 4.46. The van der Waals surface area contributed by atoms with Crippen molar-refractivity contribution in [2.75, 3.05) is 6.54 Å². The summed E-state index contributed by atoms with van der Waals surface area (Å²) in [6.07, 6.45) is 0.816. The molecule has 0 saturated carbocycles. The van der Waals surface area contributed by atoms with E-state index in [1.165, 1.54) is 0 Å². The molecular weight excluding hydrogens is 311 g/mol. The summed E-state index contributed by atoms with van der Waals surface area (Å²) in [6, 6.07) is 4.71. The molecule has 1 heterocycles. The first-order valence-corrected chi connectivity index (χ1v) is 7.70. The zero-order valence-corrected chi connectivity index (χ0v) is 13.5. The average Bonchev–Trinajstić information content (AvgIpc) is 2.45. The van der Waals surface area contributed by atoms with E-state index in [4.69, 9.17) is 23.2 Å². The van der Waals surface area contributed by atoms with Gasteiger partial charge in [0.15, 0.2) is 0 Å². The number of amides is 2. The Morgan fingerprint density at radius 1 is 1.38 bits per heavy atom. The first kappa shape index (κ1) is 16.1. The monoisotopic (exact) mass is 328 g/mol. The summed E-state index contributed by atoms with van der Waals surface area (Å²) >= 11 is 12.1. The van der Waals surface area contributed by atoms with E-state index in [1.54, 1.807) is 23.1 Å². The van der Waals surface area contributed by atoms with Crippen molar-refractivity contribution < 1.29 is 9.59 Å². The van der Waals surface area contributed by atoms with E-state index in [0.717, 1.165) is 12.0 Å². The molecule has 1 aliphatic heterocycles. The third kappa shape index (κ3) is 3.50. The number of halogens is 2. The van der Waals surface area contributed by atoms with E-state index in [0.29, 0.717) is 16.6 Å². The smallest absolute Gasteiger partial charge is 0.243 e. The Bertz CT molecular complexity index is 563. The topological polar surface area (TPSA) is 49.4 Å². The Hall–Kier alpha value is -1.26. The van der Waals surface area contributed by atoms with Gasteiger partial charge >= 0.3 is 0 Å². The van der Waals surface area contributed by atoms with Crippen LogP contribution in [0.15, 0.2) is 18.2 Å². The van der Waals surface area contributed by atoms with E-state index in [-0.39, 0.29) is 24.3 Å². The largest absolute Gasteiger partial charge is 0.345 e. The summed E-state index contributed by atoms with van der Waals surface area (Å²) in [5.41, 5.74) is 0.789. The van der Waals surface area contributed by atoms with Crippen molar-refractivity contribution in [3.05, 3.63) is 33.8 Å². The molecule has 4 nitrogen and oxygen atoms in total. The van der Waals surface area contributed by atoms with Gasteiger partial charge in [0.25, 0.3) is 0 Å². The highest BCUT2D eigenvalue weighted by Crippen LogP contribution is 2.26. The number of carbonyl (C=O) groups excluding carboxylic acids is 2. The molecule has 1 aliphatic rings. The Morgan fingerprint density at radius 2 is 2.10 bits per heavy atom. The number of rotatable bonds is 4. The number of benzene rings is 1. The van der Waals surface area contributed by atoms with Gasteiger partial charge in [-0.25, -0.2) is 0 Å². The minimum Gasteiger partial charge on any atom is -0.345 e. The molecule has 1 fully saturated rings. The molecule has 6 heteroatoms. The van der Waals surface area contributed by atoms with Gasteiger partial charge in [0.05, 0.1) is 6.54 Å². The highest BCUT2D eigenvalue weighted by Gasteiger charge is 2.37. The van der Waals surface area contributed by atoms with Crippen molar-refractivity contribution in [3.63, 3.8) is 0 Å². The predicted molar refractivity (Wildman–Crippen MR) is 83.3 cm³/mol. The van der Waals surface area contributed by atoms with Gasteiger partial charge in [-0.05, 0) is 23.6 Å². The summed E-state index contributed by atoms with van der Waals surface area (Å²) in [5.74, 6) is -0.111. The lowest BCUT2D eigenvalue weighted by Crippen LogP contribution is -2.60.